The van der Waals surface area contributed by atoms with Crippen molar-refractivity contribution in [1.29, 1.82) is 0 Å². The Morgan fingerprint density at radius 2 is 2.29 bits per heavy atom. The molecule has 1 rings (SSSR count). The van der Waals surface area contributed by atoms with E-state index in [0.717, 1.165) is 11.8 Å². The molecule has 0 aliphatic rings. The van der Waals surface area contributed by atoms with Crippen LogP contribution in [0.25, 0.3) is 0 Å². The Balaban J connectivity index is 2.93. The summed E-state index contributed by atoms with van der Waals surface area (Å²) in [6, 6.07) is -0.0731. The Hall–Kier alpha value is -1.28. The third kappa shape index (κ3) is 3.34. The van der Waals surface area contributed by atoms with Crippen LogP contribution in [-0.2, 0) is 4.79 Å². The number of aliphatic carboxylic acids is 1. The number of rotatable bonds is 6. The molecule has 0 saturated heterocycles. The number of carbonyl (C=O) groups is 1. The number of nitrogens with one attached hydrogen (secondary N) is 1. The predicted molar refractivity (Wildman–Crippen MR) is 64.2 cm³/mol. The minimum absolute atomic E-state index is 0.0731. The molecule has 4 N–H and O–H groups in total. The van der Waals surface area contributed by atoms with Crippen LogP contribution < -0.4 is 11.4 Å². The minimum Gasteiger partial charge on any atom is -0.480 e. The van der Waals surface area contributed by atoms with Crippen LogP contribution in [0.4, 0.5) is 0 Å². The number of carboxylic acids is 1. The minimum atomic E-state index is -0.953. The maximum atomic E-state index is 11.5. The monoisotopic (exact) mass is 260 g/mol. The van der Waals surface area contributed by atoms with Crippen molar-refractivity contribution < 1.29 is 9.90 Å². The highest BCUT2D eigenvalue weighted by molar-refractivity contribution is 8.00. The molecule has 1 atom stereocenters. The first-order valence-corrected chi connectivity index (χ1v) is 6.11. The van der Waals surface area contributed by atoms with Crippen molar-refractivity contribution in [3.8, 4) is 0 Å². The van der Waals surface area contributed by atoms with Crippen LogP contribution in [0.3, 0.4) is 0 Å². The fourth-order valence-electron chi connectivity index (χ4n) is 1.34. The second kappa shape index (κ2) is 5.87. The molecule has 0 bridgehead atoms. The molecule has 96 valence electrons. The number of H-pyrrole nitrogens is 1. The van der Waals surface area contributed by atoms with Crippen LogP contribution >= 0.6 is 11.8 Å². The largest absolute Gasteiger partial charge is 0.480 e. The summed E-state index contributed by atoms with van der Waals surface area (Å²) < 4.78 is 1.43. The van der Waals surface area contributed by atoms with Gasteiger partial charge in [0.1, 0.15) is 5.25 Å². The van der Waals surface area contributed by atoms with E-state index in [1.54, 1.807) is 0 Å². The van der Waals surface area contributed by atoms with E-state index in [1.807, 2.05) is 13.8 Å². The van der Waals surface area contributed by atoms with Crippen LogP contribution in [0.2, 0.25) is 0 Å². The van der Waals surface area contributed by atoms with E-state index in [4.69, 9.17) is 10.8 Å². The van der Waals surface area contributed by atoms with Gasteiger partial charge in [0.15, 0.2) is 5.16 Å². The lowest BCUT2D eigenvalue weighted by Crippen LogP contribution is -2.23. The van der Waals surface area contributed by atoms with E-state index >= 15 is 0 Å². The third-order valence-electron chi connectivity index (χ3n) is 2.14. The van der Waals surface area contributed by atoms with Gasteiger partial charge >= 0.3 is 11.7 Å². The van der Waals surface area contributed by atoms with Crippen LogP contribution in [0.1, 0.15) is 26.3 Å². The van der Waals surface area contributed by atoms with Gasteiger partial charge in [-0.25, -0.2) is 9.89 Å². The average Bonchev–Trinajstić information content (AvgIpc) is 2.59. The molecule has 1 heterocycles. The topological polar surface area (TPSA) is 114 Å². The first-order chi connectivity index (χ1) is 7.97. The second-order valence-corrected chi connectivity index (χ2v) is 4.97. The molecule has 1 aromatic rings. The lowest BCUT2D eigenvalue weighted by atomic mass is 10.3. The van der Waals surface area contributed by atoms with Gasteiger partial charge in [-0.05, 0) is 26.8 Å². The van der Waals surface area contributed by atoms with Gasteiger partial charge in [-0.1, -0.05) is 11.8 Å². The second-order valence-electron chi connectivity index (χ2n) is 3.80. The number of aromatic nitrogens is 3. The normalized spacial score (nSPS) is 12.9. The first kappa shape index (κ1) is 13.8. The summed E-state index contributed by atoms with van der Waals surface area (Å²) >= 11 is 1.04. The molecule has 0 fully saturated rings. The third-order valence-corrected chi connectivity index (χ3v) is 3.36. The molecule has 1 aromatic heterocycles. The van der Waals surface area contributed by atoms with E-state index < -0.39 is 11.2 Å². The van der Waals surface area contributed by atoms with Crippen LogP contribution in [0, 0.1) is 0 Å². The van der Waals surface area contributed by atoms with Crippen molar-refractivity contribution in [3.05, 3.63) is 10.5 Å². The Labute approximate surface area is 102 Å². The zero-order valence-electron chi connectivity index (χ0n) is 9.71. The number of hydrogen-bond donors (Lipinski definition) is 3. The highest BCUT2D eigenvalue weighted by Gasteiger charge is 2.22. The van der Waals surface area contributed by atoms with Gasteiger partial charge in [-0.15, -0.1) is 5.10 Å². The molecule has 8 heteroatoms. The number of aromatic amines is 1. The molecule has 0 aliphatic carbocycles. The quantitative estimate of drug-likeness (QED) is 0.622. The molecular weight excluding hydrogens is 244 g/mol. The molecule has 0 amide bonds. The summed E-state index contributed by atoms with van der Waals surface area (Å²) in [5.41, 5.74) is 5.02. The summed E-state index contributed by atoms with van der Waals surface area (Å²) in [6.45, 7) is 3.94. The van der Waals surface area contributed by atoms with Gasteiger partial charge in [0.2, 0.25) is 0 Å². The van der Waals surface area contributed by atoms with Gasteiger partial charge in [0, 0.05) is 6.04 Å². The van der Waals surface area contributed by atoms with Crippen molar-refractivity contribution in [2.24, 2.45) is 5.73 Å². The molecule has 1 unspecified atom stereocenters. The van der Waals surface area contributed by atoms with Crippen molar-refractivity contribution in [2.75, 3.05) is 6.54 Å². The number of carboxylic acid groups (broad SMARTS) is 1. The van der Waals surface area contributed by atoms with Crippen LogP contribution in [0.5, 0.6) is 0 Å². The van der Waals surface area contributed by atoms with Crippen LogP contribution in [-0.4, -0.2) is 37.6 Å². The van der Waals surface area contributed by atoms with E-state index in [2.05, 4.69) is 10.2 Å². The fourth-order valence-corrected chi connectivity index (χ4v) is 2.46. The first-order valence-electron chi connectivity index (χ1n) is 5.23. The summed E-state index contributed by atoms with van der Waals surface area (Å²) in [4.78, 5) is 22.4. The highest BCUT2D eigenvalue weighted by atomic mass is 32.2. The van der Waals surface area contributed by atoms with Gasteiger partial charge in [-0.3, -0.25) is 9.36 Å². The summed E-state index contributed by atoms with van der Waals surface area (Å²) in [7, 11) is 0. The molecule has 0 radical (unpaired) electrons. The number of nitrogens with two attached hydrogens (primary N) is 1. The van der Waals surface area contributed by atoms with E-state index in [0.29, 0.717) is 11.6 Å². The molecule has 17 heavy (non-hydrogen) atoms. The molecular formula is C9H16N4O3S. The number of thioether (sulfide) groups is 1. The maximum Gasteiger partial charge on any atom is 0.344 e. The smallest absolute Gasteiger partial charge is 0.344 e. The highest BCUT2D eigenvalue weighted by Crippen LogP contribution is 2.24. The maximum absolute atomic E-state index is 11.5. The molecule has 7 nitrogen and oxygen atoms in total. The Morgan fingerprint density at radius 3 is 2.76 bits per heavy atom. The van der Waals surface area contributed by atoms with E-state index in [9.17, 15) is 9.59 Å². The number of hydrogen-bond acceptors (Lipinski definition) is 5. The van der Waals surface area contributed by atoms with Gasteiger partial charge in [0.05, 0.1) is 0 Å². The Morgan fingerprint density at radius 1 is 1.65 bits per heavy atom. The fraction of sp³-hybridized carbons (Fsp3) is 0.667. The van der Waals surface area contributed by atoms with Crippen molar-refractivity contribution in [2.45, 2.75) is 36.7 Å². The van der Waals surface area contributed by atoms with Crippen LogP contribution in [0.15, 0.2) is 9.95 Å². The molecule has 0 aliphatic heterocycles. The van der Waals surface area contributed by atoms with E-state index in [-0.39, 0.29) is 18.3 Å². The van der Waals surface area contributed by atoms with Crippen molar-refractivity contribution >= 4 is 17.7 Å². The zero-order valence-corrected chi connectivity index (χ0v) is 10.5. The number of nitrogens with zero attached hydrogens (tertiary/aromatic N) is 2. The zero-order chi connectivity index (χ0) is 13.0. The summed E-state index contributed by atoms with van der Waals surface area (Å²) in [6.07, 6.45) is 0.332. The predicted octanol–water partition coefficient (Wildman–Crippen LogP) is 0.0464. The van der Waals surface area contributed by atoms with Crippen molar-refractivity contribution in [3.63, 3.8) is 0 Å². The van der Waals surface area contributed by atoms with Gasteiger partial charge in [0.25, 0.3) is 0 Å². The molecule has 0 saturated carbocycles. The van der Waals surface area contributed by atoms with Gasteiger partial charge in [-0.2, -0.15) is 0 Å². The lowest BCUT2D eigenvalue weighted by Gasteiger charge is -2.12. The molecule has 0 aromatic carbocycles. The summed E-state index contributed by atoms with van der Waals surface area (Å²) in [5.74, 6) is -0.953. The van der Waals surface area contributed by atoms with Gasteiger partial charge < -0.3 is 10.8 Å². The molecule has 0 spiro atoms. The Bertz CT molecular complexity index is 440. The summed E-state index contributed by atoms with van der Waals surface area (Å²) in [5, 5.41) is 14.8. The van der Waals surface area contributed by atoms with E-state index in [1.165, 1.54) is 4.57 Å². The SMILES string of the molecule is CC(C)n1c(SC(CCN)C(=O)O)n[nH]c1=O. The average molecular weight is 260 g/mol. The lowest BCUT2D eigenvalue weighted by molar-refractivity contribution is -0.136. The standard InChI is InChI=1S/C9H16N4O3S/c1-5(2)13-8(16)11-12-9(13)17-6(3-4-10)7(14)15/h5-6H,3-4,10H2,1-2H3,(H,11,16)(H,14,15). The Kier molecular flexibility index (Phi) is 4.76. The van der Waals surface area contributed by atoms with Crippen molar-refractivity contribution in [1.82, 2.24) is 14.8 Å².